The normalized spacial score (nSPS) is 14.0. The number of aliphatic hydroxyl groups is 2. The highest BCUT2D eigenvalue weighted by molar-refractivity contribution is 5.60. The van der Waals surface area contributed by atoms with Gasteiger partial charge < -0.3 is 24.6 Å². The maximum atomic E-state index is 9.91. The largest absolute Gasteiger partial charge is 0.496 e. The second-order valence-corrected chi connectivity index (χ2v) is 4.56. The number of hydrogen-bond acceptors (Lipinski definition) is 5. The Bertz CT molecular complexity index is 395. The van der Waals surface area contributed by atoms with Gasteiger partial charge in [-0.1, -0.05) is 6.07 Å². The van der Waals surface area contributed by atoms with E-state index >= 15 is 0 Å². The van der Waals surface area contributed by atoms with Gasteiger partial charge in [0, 0.05) is 32.0 Å². The minimum Gasteiger partial charge on any atom is -0.496 e. The molecule has 5 heteroatoms. The third kappa shape index (κ3) is 4.09. The van der Waals surface area contributed by atoms with Crippen molar-refractivity contribution in [1.29, 1.82) is 0 Å². The van der Waals surface area contributed by atoms with Gasteiger partial charge in [0.25, 0.3) is 0 Å². The van der Waals surface area contributed by atoms with E-state index in [1.165, 1.54) is 0 Å². The van der Waals surface area contributed by atoms with Gasteiger partial charge in [0.1, 0.15) is 5.75 Å². The highest BCUT2D eigenvalue weighted by Crippen LogP contribution is 2.34. The summed E-state index contributed by atoms with van der Waals surface area (Å²) in [7, 11) is 4.99. The molecule has 108 valence electrons. The fourth-order valence-corrected chi connectivity index (χ4v) is 2.12. The van der Waals surface area contributed by atoms with Crippen LogP contribution in [0.15, 0.2) is 18.2 Å². The molecule has 0 aliphatic heterocycles. The summed E-state index contributed by atoms with van der Waals surface area (Å²) >= 11 is 0. The number of aliphatic hydroxyl groups excluding tert-OH is 2. The molecular weight excluding hydrogens is 246 g/mol. The average Bonchev–Trinajstić information content (AvgIpc) is 2.37. The molecule has 0 saturated carbocycles. The summed E-state index contributed by atoms with van der Waals surface area (Å²) in [5, 5.41) is 19.7. The molecule has 0 bridgehead atoms. The number of anilines is 1. The van der Waals surface area contributed by atoms with Gasteiger partial charge in [0.2, 0.25) is 0 Å². The molecule has 1 rings (SSSR count). The molecule has 5 nitrogen and oxygen atoms in total. The third-order valence-electron chi connectivity index (χ3n) is 2.94. The van der Waals surface area contributed by atoms with Gasteiger partial charge in [-0.3, -0.25) is 0 Å². The molecule has 2 N–H and O–H groups in total. The molecule has 0 aromatic heterocycles. The molecule has 2 atom stereocenters. The Morgan fingerprint density at radius 3 is 2.47 bits per heavy atom. The Morgan fingerprint density at radius 1 is 1.26 bits per heavy atom. The maximum absolute atomic E-state index is 9.91. The first-order valence-electron chi connectivity index (χ1n) is 6.24. The van der Waals surface area contributed by atoms with Crippen LogP contribution in [0.5, 0.6) is 5.75 Å². The summed E-state index contributed by atoms with van der Waals surface area (Å²) < 4.78 is 10.2. The van der Waals surface area contributed by atoms with Crippen molar-refractivity contribution in [2.75, 3.05) is 39.3 Å². The van der Waals surface area contributed by atoms with Gasteiger partial charge >= 0.3 is 0 Å². The molecule has 0 spiro atoms. The summed E-state index contributed by atoms with van der Waals surface area (Å²) in [6, 6.07) is 5.56. The van der Waals surface area contributed by atoms with E-state index < -0.39 is 12.2 Å². The topological polar surface area (TPSA) is 62.2 Å². The number of likely N-dealkylation sites (N-methyl/N-ethyl adjacent to an activating group) is 1. The van der Waals surface area contributed by atoms with E-state index in [1.54, 1.807) is 21.1 Å². The molecular formula is C14H23NO4. The van der Waals surface area contributed by atoms with Crippen LogP contribution in [0.2, 0.25) is 0 Å². The van der Waals surface area contributed by atoms with E-state index in [4.69, 9.17) is 9.47 Å². The summed E-state index contributed by atoms with van der Waals surface area (Å²) in [6.07, 6.45) is -1.23. The van der Waals surface area contributed by atoms with E-state index in [9.17, 15) is 10.2 Å². The maximum Gasteiger partial charge on any atom is 0.126 e. The highest BCUT2D eigenvalue weighted by atomic mass is 16.5. The minimum absolute atomic E-state index is 0.276. The molecule has 0 amide bonds. The van der Waals surface area contributed by atoms with Crippen LogP contribution >= 0.6 is 0 Å². The predicted octanol–water partition coefficient (Wildman–Crippen LogP) is 1.19. The van der Waals surface area contributed by atoms with Crippen molar-refractivity contribution >= 4 is 5.69 Å². The van der Waals surface area contributed by atoms with Crippen molar-refractivity contribution in [3.63, 3.8) is 0 Å². The first-order valence-corrected chi connectivity index (χ1v) is 6.24. The van der Waals surface area contributed by atoms with Crippen LogP contribution in [-0.4, -0.2) is 50.7 Å². The summed E-state index contributed by atoms with van der Waals surface area (Å²) in [5.74, 6) is 0.639. The second kappa shape index (κ2) is 7.33. The standard InChI is InChI=1S/C14H23NO4/c1-10(16)14-12(6-5-7-13(14)19-4)15(2)8-11(17)9-18-3/h5-7,10-11,16-17H,8-9H2,1-4H3/t10-,11?/m0/s1. The van der Waals surface area contributed by atoms with Crippen molar-refractivity contribution in [2.24, 2.45) is 0 Å². The smallest absolute Gasteiger partial charge is 0.126 e. The van der Waals surface area contributed by atoms with Crippen LogP contribution in [0.4, 0.5) is 5.69 Å². The Labute approximate surface area is 114 Å². The Balaban J connectivity index is 2.98. The molecule has 0 saturated heterocycles. The first kappa shape index (κ1) is 15.8. The molecule has 1 aromatic rings. The Hall–Kier alpha value is -1.30. The molecule has 0 aliphatic rings. The molecule has 0 radical (unpaired) electrons. The van der Waals surface area contributed by atoms with Crippen LogP contribution in [-0.2, 0) is 4.74 Å². The van der Waals surface area contributed by atoms with Crippen molar-refractivity contribution in [3.8, 4) is 5.75 Å². The summed E-state index contributed by atoms with van der Waals surface area (Å²) in [6.45, 7) is 2.39. The first-order chi connectivity index (χ1) is 9.01. The van der Waals surface area contributed by atoms with Gasteiger partial charge in [0.05, 0.1) is 25.9 Å². The van der Waals surface area contributed by atoms with E-state index in [0.717, 1.165) is 11.3 Å². The van der Waals surface area contributed by atoms with Crippen molar-refractivity contribution in [1.82, 2.24) is 0 Å². The van der Waals surface area contributed by atoms with Crippen LogP contribution < -0.4 is 9.64 Å². The van der Waals surface area contributed by atoms with Gasteiger partial charge in [-0.25, -0.2) is 0 Å². The van der Waals surface area contributed by atoms with Crippen molar-refractivity contribution < 1.29 is 19.7 Å². The van der Waals surface area contributed by atoms with E-state index in [0.29, 0.717) is 12.3 Å². The van der Waals surface area contributed by atoms with E-state index in [1.807, 2.05) is 30.1 Å². The van der Waals surface area contributed by atoms with Gasteiger partial charge in [0.15, 0.2) is 0 Å². The molecule has 1 aromatic carbocycles. The third-order valence-corrected chi connectivity index (χ3v) is 2.94. The van der Waals surface area contributed by atoms with Gasteiger partial charge in [-0.2, -0.15) is 0 Å². The van der Waals surface area contributed by atoms with Crippen LogP contribution in [0.3, 0.4) is 0 Å². The zero-order chi connectivity index (χ0) is 14.4. The van der Waals surface area contributed by atoms with Crippen LogP contribution in [0.25, 0.3) is 0 Å². The fourth-order valence-electron chi connectivity index (χ4n) is 2.12. The SMILES string of the molecule is COCC(O)CN(C)c1cccc(OC)c1[C@H](C)O. The zero-order valence-electron chi connectivity index (χ0n) is 12.0. The molecule has 0 aliphatic carbocycles. The minimum atomic E-state index is -0.645. The number of ether oxygens (including phenoxy) is 2. The molecule has 0 heterocycles. The zero-order valence-corrected chi connectivity index (χ0v) is 12.0. The monoisotopic (exact) mass is 269 g/mol. The summed E-state index contributed by atoms with van der Waals surface area (Å²) in [4.78, 5) is 1.88. The van der Waals surface area contributed by atoms with Crippen molar-refractivity contribution in [3.05, 3.63) is 23.8 Å². The number of hydrogen-bond donors (Lipinski definition) is 2. The lowest BCUT2D eigenvalue weighted by Gasteiger charge is -2.26. The Morgan fingerprint density at radius 2 is 1.95 bits per heavy atom. The van der Waals surface area contributed by atoms with Crippen molar-refractivity contribution in [2.45, 2.75) is 19.1 Å². The fraction of sp³-hybridized carbons (Fsp3) is 0.571. The Kier molecular flexibility index (Phi) is 6.08. The lowest BCUT2D eigenvalue weighted by molar-refractivity contribution is 0.0694. The van der Waals surface area contributed by atoms with Crippen LogP contribution in [0, 0.1) is 0 Å². The lowest BCUT2D eigenvalue weighted by atomic mass is 10.1. The number of rotatable bonds is 7. The lowest BCUT2D eigenvalue weighted by Crippen LogP contribution is -2.32. The number of nitrogens with zero attached hydrogens (tertiary/aromatic N) is 1. The molecule has 0 fully saturated rings. The molecule has 19 heavy (non-hydrogen) atoms. The van der Waals surface area contributed by atoms with Gasteiger partial charge in [-0.15, -0.1) is 0 Å². The van der Waals surface area contributed by atoms with Crippen LogP contribution in [0.1, 0.15) is 18.6 Å². The quantitative estimate of drug-likeness (QED) is 0.778. The highest BCUT2D eigenvalue weighted by Gasteiger charge is 2.18. The average molecular weight is 269 g/mol. The predicted molar refractivity (Wildman–Crippen MR) is 74.8 cm³/mol. The van der Waals surface area contributed by atoms with E-state index in [-0.39, 0.29) is 6.61 Å². The van der Waals surface area contributed by atoms with E-state index in [2.05, 4.69) is 0 Å². The number of benzene rings is 1. The number of methoxy groups -OCH3 is 2. The van der Waals surface area contributed by atoms with Gasteiger partial charge in [-0.05, 0) is 19.1 Å². The second-order valence-electron chi connectivity index (χ2n) is 4.56. The molecule has 1 unspecified atom stereocenters. The summed E-state index contributed by atoms with van der Waals surface area (Å²) in [5.41, 5.74) is 1.56.